The third-order valence-corrected chi connectivity index (χ3v) is 5.18. The van der Waals surface area contributed by atoms with Crippen molar-refractivity contribution in [1.82, 2.24) is 0 Å². The lowest BCUT2D eigenvalue weighted by Gasteiger charge is -2.43. The first-order valence-corrected chi connectivity index (χ1v) is 8.02. The fraction of sp³-hybridized carbons (Fsp3) is 0.667. The minimum Gasteiger partial charge on any atom is -0.392 e. The Kier molecular flexibility index (Phi) is 3.34. The summed E-state index contributed by atoms with van der Waals surface area (Å²) in [5, 5.41) is 0. The first-order chi connectivity index (χ1) is 9.86. The van der Waals surface area contributed by atoms with Crippen LogP contribution in [0.1, 0.15) is 53.4 Å². The molecule has 114 valence electrons. The fourth-order valence-electron chi connectivity index (χ4n) is 4.56. The van der Waals surface area contributed by atoms with Crippen molar-refractivity contribution in [1.29, 1.82) is 0 Å². The van der Waals surface area contributed by atoms with Crippen molar-refractivity contribution in [2.24, 2.45) is 23.2 Å². The van der Waals surface area contributed by atoms with E-state index >= 15 is 0 Å². The highest BCUT2D eigenvalue weighted by Gasteiger charge is 2.55. The van der Waals surface area contributed by atoms with Crippen molar-refractivity contribution in [3.63, 3.8) is 0 Å². The van der Waals surface area contributed by atoms with E-state index in [1.54, 1.807) is 0 Å². The van der Waals surface area contributed by atoms with Gasteiger partial charge in [-0.15, -0.1) is 0 Å². The Morgan fingerprint density at radius 3 is 2.48 bits per heavy atom. The number of hydrogen-bond donors (Lipinski definition) is 0. The normalized spacial score (nSPS) is 34.9. The molecule has 3 rings (SSSR count). The molecule has 0 spiro atoms. The van der Waals surface area contributed by atoms with Gasteiger partial charge in [0, 0.05) is 0 Å². The average molecular weight is 288 g/mol. The number of hydrogen-bond acceptors (Lipinski definition) is 3. The fourth-order valence-corrected chi connectivity index (χ4v) is 4.56. The largest absolute Gasteiger partial charge is 0.392 e. The van der Waals surface area contributed by atoms with Gasteiger partial charge >= 0.3 is 11.9 Å². The van der Waals surface area contributed by atoms with Crippen LogP contribution in [0.5, 0.6) is 0 Å². The molecule has 1 saturated carbocycles. The van der Waals surface area contributed by atoms with E-state index in [1.165, 1.54) is 17.6 Å². The topological polar surface area (TPSA) is 43.4 Å². The van der Waals surface area contributed by atoms with E-state index in [0.717, 1.165) is 24.8 Å². The van der Waals surface area contributed by atoms with E-state index in [-0.39, 0.29) is 35.1 Å². The second-order valence-corrected chi connectivity index (χ2v) is 7.49. The quantitative estimate of drug-likeness (QED) is 0.503. The Labute approximate surface area is 126 Å². The molecule has 3 atom stereocenters. The van der Waals surface area contributed by atoms with Crippen LogP contribution < -0.4 is 0 Å². The minimum atomic E-state index is -0.372. The van der Waals surface area contributed by atoms with Crippen molar-refractivity contribution in [2.45, 2.75) is 53.4 Å². The number of fused-ring (bicyclic) bond motifs is 3. The van der Waals surface area contributed by atoms with Crippen molar-refractivity contribution in [2.75, 3.05) is 0 Å². The van der Waals surface area contributed by atoms with Crippen LogP contribution in [0.4, 0.5) is 0 Å². The van der Waals surface area contributed by atoms with E-state index < -0.39 is 0 Å². The van der Waals surface area contributed by atoms with Crippen LogP contribution in [0.25, 0.3) is 0 Å². The summed E-state index contributed by atoms with van der Waals surface area (Å²) >= 11 is 0. The molecule has 3 heteroatoms. The first-order valence-electron chi connectivity index (χ1n) is 8.02. The first kappa shape index (κ1) is 14.6. The smallest absolute Gasteiger partial charge is 0.321 e. The lowest BCUT2D eigenvalue weighted by molar-refractivity contribution is -0.153. The maximum absolute atomic E-state index is 12.2. The van der Waals surface area contributed by atoms with Gasteiger partial charge in [0.2, 0.25) is 0 Å². The Balaban J connectivity index is 2.23. The van der Waals surface area contributed by atoms with Gasteiger partial charge in [-0.25, -0.2) is 0 Å². The molecule has 0 amide bonds. The molecular formula is C18H24O3. The van der Waals surface area contributed by atoms with Crippen LogP contribution in [-0.2, 0) is 14.3 Å². The molecule has 1 aliphatic heterocycles. The van der Waals surface area contributed by atoms with Gasteiger partial charge in [-0.3, -0.25) is 9.59 Å². The van der Waals surface area contributed by atoms with Gasteiger partial charge in [-0.1, -0.05) is 38.8 Å². The van der Waals surface area contributed by atoms with E-state index in [4.69, 9.17) is 4.74 Å². The third-order valence-electron chi connectivity index (χ3n) is 5.18. The summed E-state index contributed by atoms with van der Waals surface area (Å²) in [6, 6.07) is 0. The SMILES string of the molecule is C/C=C1\C(C(C)(C)C)=C2CCCC[C@H]2[C@H]2C(=O)OC(=O)[C@@H]12. The Morgan fingerprint density at radius 1 is 1.14 bits per heavy atom. The second-order valence-electron chi connectivity index (χ2n) is 7.49. The molecule has 3 nitrogen and oxygen atoms in total. The molecule has 0 N–H and O–H groups in total. The summed E-state index contributed by atoms with van der Waals surface area (Å²) in [6.07, 6.45) is 6.41. The lowest BCUT2D eigenvalue weighted by atomic mass is 9.59. The highest BCUT2D eigenvalue weighted by Crippen LogP contribution is 2.55. The number of esters is 2. The summed E-state index contributed by atoms with van der Waals surface area (Å²) in [7, 11) is 0. The molecular weight excluding hydrogens is 264 g/mol. The van der Waals surface area contributed by atoms with Gasteiger partial charge in [-0.05, 0) is 48.7 Å². The average Bonchev–Trinajstić information content (AvgIpc) is 2.71. The molecule has 0 aromatic carbocycles. The van der Waals surface area contributed by atoms with Crippen molar-refractivity contribution in [3.8, 4) is 0 Å². The predicted molar refractivity (Wildman–Crippen MR) is 80.3 cm³/mol. The molecule has 2 fully saturated rings. The molecule has 2 aliphatic carbocycles. The number of rotatable bonds is 0. The zero-order valence-electron chi connectivity index (χ0n) is 13.4. The lowest BCUT2D eigenvalue weighted by Crippen LogP contribution is -2.38. The summed E-state index contributed by atoms with van der Waals surface area (Å²) in [6.45, 7) is 8.57. The van der Waals surface area contributed by atoms with Crippen molar-refractivity contribution < 1.29 is 14.3 Å². The maximum atomic E-state index is 12.2. The van der Waals surface area contributed by atoms with Gasteiger partial charge < -0.3 is 4.74 Å². The van der Waals surface area contributed by atoms with Gasteiger partial charge in [-0.2, -0.15) is 0 Å². The molecule has 0 aromatic heterocycles. The molecule has 1 heterocycles. The minimum absolute atomic E-state index is 0.0103. The van der Waals surface area contributed by atoms with Gasteiger partial charge in [0.1, 0.15) is 0 Å². The van der Waals surface area contributed by atoms with Crippen LogP contribution in [0.3, 0.4) is 0 Å². The van der Waals surface area contributed by atoms with Crippen LogP contribution in [0.2, 0.25) is 0 Å². The third kappa shape index (κ3) is 2.09. The zero-order chi connectivity index (χ0) is 15.4. The number of carbonyl (C=O) groups excluding carboxylic acids is 2. The van der Waals surface area contributed by atoms with Gasteiger partial charge in [0.05, 0.1) is 11.8 Å². The summed E-state index contributed by atoms with van der Waals surface area (Å²) in [5.41, 5.74) is 3.75. The molecule has 0 radical (unpaired) electrons. The zero-order valence-corrected chi connectivity index (χ0v) is 13.4. The maximum Gasteiger partial charge on any atom is 0.321 e. The van der Waals surface area contributed by atoms with Gasteiger partial charge in [0.15, 0.2) is 0 Å². The van der Waals surface area contributed by atoms with E-state index in [2.05, 4.69) is 20.8 Å². The van der Waals surface area contributed by atoms with Crippen LogP contribution in [0.15, 0.2) is 22.8 Å². The van der Waals surface area contributed by atoms with Crippen molar-refractivity contribution >= 4 is 11.9 Å². The molecule has 1 saturated heterocycles. The number of ether oxygens (including phenoxy) is 1. The Hall–Kier alpha value is -1.38. The highest BCUT2D eigenvalue weighted by molar-refractivity contribution is 6.00. The van der Waals surface area contributed by atoms with Crippen molar-refractivity contribution in [3.05, 3.63) is 22.8 Å². The summed E-state index contributed by atoms with van der Waals surface area (Å²) in [5.74, 6) is -1.08. The van der Waals surface area contributed by atoms with Gasteiger partial charge in [0.25, 0.3) is 0 Å². The standard InChI is InChI=1S/C18H24O3/c1-5-10-13-14(17(20)21-16(13)19)11-8-6-7-9-12(11)15(10)18(2,3)4/h5,11,13-14H,6-9H2,1-4H3/b10-5-/t11-,13+,14-/m1/s1. The predicted octanol–water partition coefficient (Wildman–Crippen LogP) is 3.80. The molecule has 0 aromatic rings. The molecule has 0 bridgehead atoms. The van der Waals surface area contributed by atoms with Crippen LogP contribution >= 0.6 is 0 Å². The Morgan fingerprint density at radius 2 is 1.86 bits per heavy atom. The van der Waals surface area contributed by atoms with Crippen LogP contribution in [-0.4, -0.2) is 11.9 Å². The van der Waals surface area contributed by atoms with E-state index in [0.29, 0.717) is 0 Å². The number of carbonyl (C=O) groups is 2. The van der Waals surface area contributed by atoms with E-state index in [9.17, 15) is 9.59 Å². The molecule has 0 unspecified atom stereocenters. The van der Waals surface area contributed by atoms with Crippen LogP contribution in [0, 0.1) is 23.2 Å². The monoisotopic (exact) mass is 288 g/mol. The second kappa shape index (κ2) is 4.82. The Bertz CT molecular complexity index is 560. The number of allylic oxidation sites excluding steroid dienone is 3. The molecule has 3 aliphatic rings. The summed E-state index contributed by atoms with van der Waals surface area (Å²) in [4.78, 5) is 24.4. The summed E-state index contributed by atoms with van der Waals surface area (Å²) < 4.78 is 5.00. The number of cyclic esters (lactones) is 2. The molecule has 21 heavy (non-hydrogen) atoms. The van der Waals surface area contributed by atoms with E-state index in [1.807, 2.05) is 13.0 Å². The highest BCUT2D eigenvalue weighted by atomic mass is 16.6.